The summed E-state index contributed by atoms with van der Waals surface area (Å²) in [6.45, 7) is 8.88. The Hall–Kier alpha value is -1.31. The second kappa shape index (κ2) is 11.4. The summed E-state index contributed by atoms with van der Waals surface area (Å²) in [5.41, 5.74) is 3.41. The van der Waals surface area contributed by atoms with Gasteiger partial charge >= 0.3 is 0 Å². The first kappa shape index (κ1) is 22.7. The number of amides is 1. The van der Waals surface area contributed by atoms with Crippen LogP contribution in [0.1, 0.15) is 52.0 Å². The number of pyridine rings is 1. The summed E-state index contributed by atoms with van der Waals surface area (Å²) in [4.78, 5) is 29.8. The zero-order valence-electron chi connectivity index (χ0n) is 16.5. The van der Waals surface area contributed by atoms with Gasteiger partial charge in [-0.2, -0.15) is 0 Å². The summed E-state index contributed by atoms with van der Waals surface area (Å²) in [6, 6.07) is 3.49. The van der Waals surface area contributed by atoms with E-state index in [1.54, 1.807) is 16.8 Å². The molecule has 1 amide bonds. The molecule has 0 spiro atoms. The Morgan fingerprint density at radius 3 is 2.77 bits per heavy atom. The normalized spacial score (nSPS) is 19.0. The molecule has 1 aromatic heterocycles. The van der Waals surface area contributed by atoms with E-state index in [2.05, 4.69) is 5.48 Å². The van der Waals surface area contributed by atoms with Crippen molar-refractivity contribution in [2.24, 2.45) is 0 Å². The summed E-state index contributed by atoms with van der Waals surface area (Å²) in [7, 11) is 0. The van der Waals surface area contributed by atoms with Gasteiger partial charge in [-0.15, -0.1) is 11.8 Å². The number of nitrogens with zero attached hydrogens (tertiary/aromatic N) is 1. The first-order valence-corrected chi connectivity index (χ1v) is 10.5. The minimum absolute atomic E-state index is 0.0503. The standard InChI is InChI=1S/C17H26N2O4S.C2H6/c1-13-7-9-19(14(20)12-13)10-8-17(2,24-3)16(21)18-23-15-6-4-5-11-22-15;1-2/h7,9,12,15H,4-6,8,10-11H2,1-3H3,(H,18,21);1-2H3. The van der Waals surface area contributed by atoms with Crippen LogP contribution in [0.2, 0.25) is 0 Å². The highest BCUT2D eigenvalue weighted by atomic mass is 32.2. The molecule has 0 bridgehead atoms. The van der Waals surface area contributed by atoms with Crippen molar-refractivity contribution in [3.8, 4) is 0 Å². The van der Waals surface area contributed by atoms with E-state index in [9.17, 15) is 9.59 Å². The quantitative estimate of drug-likeness (QED) is 0.731. The molecule has 2 rings (SSSR count). The molecule has 148 valence electrons. The predicted molar refractivity (Wildman–Crippen MR) is 106 cm³/mol. The van der Waals surface area contributed by atoms with E-state index in [4.69, 9.17) is 9.57 Å². The Kier molecular flexibility index (Phi) is 9.98. The van der Waals surface area contributed by atoms with Gasteiger partial charge in [-0.05, 0) is 51.0 Å². The summed E-state index contributed by atoms with van der Waals surface area (Å²) in [6.07, 6.45) is 6.66. The summed E-state index contributed by atoms with van der Waals surface area (Å²) >= 11 is 1.45. The molecule has 0 saturated carbocycles. The van der Waals surface area contributed by atoms with Gasteiger partial charge in [0.15, 0.2) is 6.29 Å². The maximum absolute atomic E-state index is 12.5. The fraction of sp³-hybridized carbons (Fsp3) is 0.684. The van der Waals surface area contributed by atoms with Gasteiger partial charge < -0.3 is 9.30 Å². The summed E-state index contributed by atoms with van der Waals surface area (Å²) in [5, 5.41) is 0. The monoisotopic (exact) mass is 384 g/mol. The number of aromatic nitrogens is 1. The minimum atomic E-state index is -0.682. The van der Waals surface area contributed by atoms with Crippen molar-refractivity contribution >= 4 is 17.7 Å². The number of nitrogens with one attached hydrogen (secondary N) is 1. The first-order valence-electron chi connectivity index (χ1n) is 9.24. The number of hydrogen-bond donors (Lipinski definition) is 1. The van der Waals surface area contributed by atoms with Crippen LogP contribution in [0.25, 0.3) is 0 Å². The van der Waals surface area contributed by atoms with Crippen LogP contribution in [-0.2, 0) is 20.9 Å². The number of carbonyl (C=O) groups is 1. The largest absolute Gasteiger partial charge is 0.350 e. The molecule has 0 aromatic carbocycles. The lowest BCUT2D eigenvalue weighted by Gasteiger charge is -2.28. The summed E-state index contributed by atoms with van der Waals surface area (Å²) < 4.78 is 6.38. The third-order valence-electron chi connectivity index (χ3n) is 4.33. The van der Waals surface area contributed by atoms with Crippen LogP contribution in [0.15, 0.2) is 23.1 Å². The molecule has 1 aliphatic heterocycles. The van der Waals surface area contributed by atoms with Gasteiger partial charge in [-0.25, -0.2) is 10.3 Å². The molecule has 2 heterocycles. The number of rotatable bonds is 7. The highest BCUT2D eigenvalue weighted by Crippen LogP contribution is 2.27. The molecule has 26 heavy (non-hydrogen) atoms. The predicted octanol–water partition coefficient (Wildman–Crippen LogP) is 3.27. The van der Waals surface area contributed by atoms with Crippen molar-refractivity contribution < 1.29 is 14.4 Å². The van der Waals surface area contributed by atoms with Crippen molar-refractivity contribution in [2.45, 2.75) is 71.0 Å². The molecule has 7 heteroatoms. The Morgan fingerprint density at radius 2 is 2.19 bits per heavy atom. The fourth-order valence-electron chi connectivity index (χ4n) is 2.46. The maximum Gasteiger partial charge on any atom is 0.259 e. The van der Waals surface area contributed by atoms with Crippen LogP contribution in [0, 0.1) is 6.92 Å². The molecule has 0 aliphatic carbocycles. The number of hydrogen-bond acceptors (Lipinski definition) is 5. The van der Waals surface area contributed by atoms with Crippen LogP contribution in [0.3, 0.4) is 0 Å². The maximum atomic E-state index is 12.5. The van der Waals surface area contributed by atoms with Crippen LogP contribution in [0.4, 0.5) is 0 Å². The topological polar surface area (TPSA) is 69.6 Å². The Bertz CT molecular complexity index is 614. The Morgan fingerprint density at radius 1 is 1.46 bits per heavy atom. The number of ether oxygens (including phenoxy) is 1. The van der Waals surface area contributed by atoms with Crippen molar-refractivity contribution in [3.63, 3.8) is 0 Å². The molecule has 6 nitrogen and oxygen atoms in total. The van der Waals surface area contributed by atoms with E-state index >= 15 is 0 Å². The third kappa shape index (κ3) is 6.78. The SMILES string of the molecule is CC.CSC(C)(CCn1ccc(C)cc1=O)C(=O)NOC1CCCCO1. The molecular formula is C19H32N2O4S. The lowest BCUT2D eigenvalue weighted by molar-refractivity contribution is -0.201. The Labute approximate surface area is 160 Å². The lowest BCUT2D eigenvalue weighted by Crippen LogP contribution is -2.45. The average Bonchev–Trinajstić information content (AvgIpc) is 2.67. The smallest absolute Gasteiger partial charge is 0.259 e. The lowest BCUT2D eigenvalue weighted by atomic mass is 10.1. The molecule has 1 N–H and O–H groups in total. The van der Waals surface area contributed by atoms with Gasteiger partial charge in [-0.3, -0.25) is 9.59 Å². The Balaban J connectivity index is 0.00000163. The van der Waals surface area contributed by atoms with Gasteiger partial charge in [0, 0.05) is 31.8 Å². The molecule has 1 aromatic rings. The molecule has 2 atom stereocenters. The van der Waals surface area contributed by atoms with Crippen LogP contribution in [-0.4, -0.2) is 34.4 Å². The van der Waals surface area contributed by atoms with Gasteiger partial charge in [0.1, 0.15) is 0 Å². The molecule has 1 fully saturated rings. The van der Waals surface area contributed by atoms with E-state index in [0.29, 0.717) is 19.6 Å². The molecular weight excluding hydrogens is 352 g/mol. The number of hydroxylamine groups is 1. The van der Waals surface area contributed by atoms with Crippen LogP contribution in [0.5, 0.6) is 0 Å². The second-order valence-electron chi connectivity index (χ2n) is 6.27. The zero-order chi connectivity index (χ0) is 19.6. The third-order valence-corrected chi connectivity index (χ3v) is 5.62. The van der Waals surface area contributed by atoms with E-state index in [1.165, 1.54) is 11.8 Å². The van der Waals surface area contributed by atoms with Gasteiger partial charge in [0.25, 0.3) is 11.5 Å². The van der Waals surface area contributed by atoms with Crippen LogP contribution >= 0.6 is 11.8 Å². The minimum Gasteiger partial charge on any atom is -0.350 e. The molecule has 2 unspecified atom stereocenters. The highest BCUT2D eigenvalue weighted by molar-refractivity contribution is 8.00. The van der Waals surface area contributed by atoms with Crippen molar-refractivity contribution in [1.82, 2.24) is 10.0 Å². The van der Waals surface area contributed by atoms with Crippen molar-refractivity contribution in [1.29, 1.82) is 0 Å². The van der Waals surface area contributed by atoms with E-state index in [1.807, 2.05) is 40.0 Å². The zero-order valence-corrected chi connectivity index (χ0v) is 17.4. The number of thioether (sulfide) groups is 1. The van der Waals surface area contributed by atoms with Gasteiger partial charge in [0.2, 0.25) is 0 Å². The average molecular weight is 385 g/mol. The summed E-state index contributed by atoms with van der Waals surface area (Å²) in [5.74, 6) is -0.204. The fourth-order valence-corrected chi connectivity index (χ4v) is 2.99. The van der Waals surface area contributed by atoms with Crippen molar-refractivity contribution in [2.75, 3.05) is 12.9 Å². The van der Waals surface area contributed by atoms with Crippen molar-refractivity contribution in [3.05, 3.63) is 34.2 Å². The van der Waals surface area contributed by atoms with Crippen LogP contribution < -0.4 is 11.0 Å². The van der Waals surface area contributed by atoms with Gasteiger partial charge in [0.05, 0.1) is 4.75 Å². The first-order chi connectivity index (χ1) is 12.4. The number of carbonyl (C=O) groups excluding carboxylic acids is 1. The number of aryl methyl sites for hydroxylation is 2. The highest BCUT2D eigenvalue weighted by Gasteiger charge is 2.33. The van der Waals surface area contributed by atoms with E-state index < -0.39 is 4.75 Å². The van der Waals surface area contributed by atoms with E-state index in [-0.39, 0.29) is 17.8 Å². The molecule has 0 radical (unpaired) electrons. The second-order valence-corrected chi connectivity index (χ2v) is 7.58. The molecule has 1 saturated heterocycles. The van der Waals surface area contributed by atoms with E-state index in [0.717, 1.165) is 24.8 Å². The molecule has 1 aliphatic rings. The van der Waals surface area contributed by atoms with Gasteiger partial charge in [-0.1, -0.05) is 13.8 Å².